The summed E-state index contributed by atoms with van der Waals surface area (Å²) in [7, 11) is 3.13. The van der Waals surface area contributed by atoms with Crippen LogP contribution in [0.15, 0.2) is 36.3 Å². The van der Waals surface area contributed by atoms with Gasteiger partial charge in [-0.15, -0.1) is 6.58 Å². The van der Waals surface area contributed by atoms with Gasteiger partial charge in [0, 0.05) is 12.2 Å². The maximum absolute atomic E-state index is 12.0. The highest BCUT2D eigenvalue weighted by Gasteiger charge is 2.53. The van der Waals surface area contributed by atoms with E-state index in [4.69, 9.17) is 18.9 Å². The van der Waals surface area contributed by atoms with Crippen molar-refractivity contribution in [1.29, 1.82) is 0 Å². The number of ether oxygens (including phenoxy) is 4. The van der Waals surface area contributed by atoms with Crippen LogP contribution >= 0.6 is 0 Å². The van der Waals surface area contributed by atoms with Crippen molar-refractivity contribution < 1.29 is 23.7 Å². The lowest BCUT2D eigenvalue weighted by Crippen LogP contribution is -2.41. The fourth-order valence-corrected chi connectivity index (χ4v) is 3.75. The van der Waals surface area contributed by atoms with Gasteiger partial charge in [-0.1, -0.05) is 6.08 Å². The molecule has 5 heteroatoms. The topological polar surface area (TPSA) is 54.0 Å². The van der Waals surface area contributed by atoms with Gasteiger partial charge in [-0.05, 0) is 40.5 Å². The highest BCUT2D eigenvalue weighted by Crippen LogP contribution is 2.50. The maximum atomic E-state index is 12.0. The SMILES string of the molecule is C=CCC1(C[C@H]2OC(C)(C)OC2(C)C)C(OC)=CC(=O)C=C1OC. The molecule has 0 saturated carbocycles. The molecule has 1 atom stereocenters. The van der Waals surface area contributed by atoms with Gasteiger partial charge in [0.25, 0.3) is 0 Å². The molecule has 1 aliphatic heterocycles. The summed E-state index contributed by atoms with van der Waals surface area (Å²) in [5.74, 6) is 0.320. The van der Waals surface area contributed by atoms with Crippen LogP contribution < -0.4 is 0 Å². The molecule has 2 rings (SSSR count). The molecule has 2 aliphatic rings. The molecule has 1 saturated heterocycles. The molecule has 24 heavy (non-hydrogen) atoms. The molecule has 0 aromatic carbocycles. The zero-order valence-electron chi connectivity index (χ0n) is 15.5. The molecule has 0 aromatic heterocycles. The van der Waals surface area contributed by atoms with Crippen LogP contribution in [0.25, 0.3) is 0 Å². The average Bonchev–Trinajstić information content (AvgIpc) is 2.68. The fraction of sp³-hybridized carbons (Fsp3) is 0.632. The Hall–Kier alpha value is -1.59. The van der Waals surface area contributed by atoms with E-state index in [1.54, 1.807) is 14.2 Å². The third kappa shape index (κ3) is 3.28. The first-order valence-electron chi connectivity index (χ1n) is 8.15. The number of allylic oxidation sites excluding steroid dienone is 3. The number of methoxy groups -OCH3 is 2. The van der Waals surface area contributed by atoms with E-state index in [0.29, 0.717) is 24.4 Å². The van der Waals surface area contributed by atoms with E-state index in [9.17, 15) is 4.79 Å². The van der Waals surface area contributed by atoms with Gasteiger partial charge in [0.2, 0.25) is 0 Å². The summed E-state index contributed by atoms with van der Waals surface area (Å²) in [5, 5.41) is 0. The molecule has 1 aliphatic carbocycles. The van der Waals surface area contributed by atoms with E-state index in [-0.39, 0.29) is 11.9 Å². The molecular weight excluding hydrogens is 308 g/mol. The lowest BCUT2D eigenvalue weighted by atomic mass is 9.71. The van der Waals surface area contributed by atoms with Gasteiger partial charge in [0.05, 0.1) is 31.3 Å². The summed E-state index contributed by atoms with van der Waals surface area (Å²) < 4.78 is 23.3. The minimum absolute atomic E-state index is 0.147. The minimum atomic E-state index is -0.665. The van der Waals surface area contributed by atoms with E-state index < -0.39 is 16.8 Å². The second-order valence-corrected chi connectivity index (χ2v) is 7.32. The van der Waals surface area contributed by atoms with Crippen LogP contribution in [0.2, 0.25) is 0 Å². The Balaban J connectivity index is 2.47. The van der Waals surface area contributed by atoms with Crippen molar-refractivity contribution in [2.45, 2.75) is 58.0 Å². The molecule has 1 heterocycles. The maximum Gasteiger partial charge on any atom is 0.185 e. The molecule has 0 radical (unpaired) electrons. The second kappa shape index (κ2) is 6.37. The number of carbonyl (C=O) groups is 1. The van der Waals surface area contributed by atoms with Crippen molar-refractivity contribution in [3.8, 4) is 0 Å². The average molecular weight is 336 g/mol. The van der Waals surface area contributed by atoms with Gasteiger partial charge in [-0.25, -0.2) is 0 Å². The number of hydrogen-bond donors (Lipinski definition) is 0. The van der Waals surface area contributed by atoms with Crippen molar-refractivity contribution in [2.24, 2.45) is 5.41 Å². The molecule has 0 aromatic rings. The molecule has 0 amide bonds. The van der Waals surface area contributed by atoms with Crippen molar-refractivity contribution in [3.63, 3.8) is 0 Å². The lowest BCUT2D eigenvalue weighted by Gasteiger charge is -2.40. The number of ketones is 1. The van der Waals surface area contributed by atoms with Crippen molar-refractivity contribution >= 4 is 5.78 Å². The summed E-state index contributed by atoms with van der Waals surface area (Å²) >= 11 is 0. The number of rotatable bonds is 6. The van der Waals surface area contributed by atoms with E-state index in [0.717, 1.165) is 0 Å². The van der Waals surface area contributed by atoms with E-state index in [1.165, 1.54) is 12.2 Å². The largest absolute Gasteiger partial charge is 0.500 e. The van der Waals surface area contributed by atoms with E-state index in [2.05, 4.69) is 6.58 Å². The highest BCUT2D eigenvalue weighted by atomic mass is 16.8. The Kier molecular flexibility index (Phi) is 4.98. The third-order valence-electron chi connectivity index (χ3n) is 4.67. The Bertz CT molecular complexity index is 559. The molecule has 5 nitrogen and oxygen atoms in total. The van der Waals surface area contributed by atoms with Crippen LogP contribution in [0.4, 0.5) is 0 Å². The van der Waals surface area contributed by atoms with Crippen molar-refractivity contribution in [1.82, 2.24) is 0 Å². The molecule has 134 valence electrons. The normalized spacial score (nSPS) is 27.2. The predicted octanol–water partition coefficient (Wildman–Crippen LogP) is 3.51. The first-order chi connectivity index (χ1) is 11.1. The monoisotopic (exact) mass is 336 g/mol. The van der Waals surface area contributed by atoms with Crippen LogP contribution in [-0.4, -0.2) is 37.5 Å². The number of hydrogen-bond acceptors (Lipinski definition) is 5. The van der Waals surface area contributed by atoms with Crippen LogP contribution in [0.5, 0.6) is 0 Å². The minimum Gasteiger partial charge on any atom is -0.500 e. The molecular formula is C19H28O5. The predicted molar refractivity (Wildman–Crippen MR) is 91.2 cm³/mol. The van der Waals surface area contributed by atoms with Gasteiger partial charge >= 0.3 is 0 Å². The molecule has 0 unspecified atom stereocenters. The molecule has 0 spiro atoms. The van der Waals surface area contributed by atoms with Crippen LogP contribution in [0.3, 0.4) is 0 Å². The first kappa shape index (κ1) is 18.7. The Morgan fingerprint density at radius 3 is 2.08 bits per heavy atom. The summed E-state index contributed by atoms with van der Waals surface area (Å²) in [6.45, 7) is 11.7. The van der Waals surface area contributed by atoms with Crippen LogP contribution in [0.1, 0.15) is 40.5 Å². The molecule has 0 bridgehead atoms. The van der Waals surface area contributed by atoms with Gasteiger partial charge in [-0.2, -0.15) is 0 Å². The zero-order valence-corrected chi connectivity index (χ0v) is 15.5. The molecule has 1 fully saturated rings. The van der Waals surface area contributed by atoms with Gasteiger partial charge in [0.15, 0.2) is 11.6 Å². The standard InChI is InChI=1S/C19H28O5/c1-8-9-19(12-16-17(2,3)24-18(4,5)23-16)14(21-6)10-13(20)11-15(19)22-7/h8,10-11,16H,1,9,12H2,2-7H3/t16-/m1/s1. The van der Waals surface area contributed by atoms with Gasteiger partial charge in [-0.3, -0.25) is 4.79 Å². The van der Waals surface area contributed by atoms with Gasteiger partial charge in [0.1, 0.15) is 11.5 Å². The highest BCUT2D eigenvalue weighted by molar-refractivity contribution is 6.01. The summed E-state index contributed by atoms with van der Waals surface area (Å²) in [6, 6.07) is 0. The fourth-order valence-electron chi connectivity index (χ4n) is 3.75. The van der Waals surface area contributed by atoms with Gasteiger partial charge < -0.3 is 18.9 Å². The summed E-state index contributed by atoms with van der Waals surface area (Å²) in [4.78, 5) is 12.0. The van der Waals surface area contributed by atoms with Crippen LogP contribution in [0, 0.1) is 5.41 Å². The smallest absolute Gasteiger partial charge is 0.185 e. The van der Waals surface area contributed by atoms with Crippen molar-refractivity contribution in [3.05, 3.63) is 36.3 Å². The quantitative estimate of drug-likeness (QED) is 0.695. The lowest BCUT2D eigenvalue weighted by molar-refractivity contribution is -0.158. The Morgan fingerprint density at radius 1 is 1.17 bits per heavy atom. The Labute approximate surface area is 144 Å². The molecule has 0 N–H and O–H groups in total. The zero-order chi connectivity index (χ0) is 18.2. The second-order valence-electron chi connectivity index (χ2n) is 7.32. The summed E-state index contributed by atoms with van der Waals surface area (Å²) in [5.41, 5.74) is -1.11. The van der Waals surface area contributed by atoms with Crippen LogP contribution in [-0.2, 0) is 23.7 Å². The number of carbonyl (C=O) groups excluding carboxylic acids is 1. The van der Waals surface area contributed by atoms with E-state index >= 15 is 0 Å². The Morgan fingerprint density at radius 2 is 1.71 bits per heavy atom. The first-order valence-corrected chi connectivity index (χ1v) is 8.15. The van der Waals surface area contributed by atoms with Crippen molar-refractivity contribution in [2.75, 3.05) is 14.2 Å². The third-order valence-corrected chi connectivity index (χ3v) is 4.67. The van der Waals surface area contributed by atoms with E-state index in [1.807, 2.05) is 33.8 Å². The summed E-state index contributed by atoms with van der Waals surface area (Å²) in [6.07, 6.45) is 5.76.